The van der Waals surface area contributed by atoms with E-state index in [9.17, 15) is 9.59 Å². The number of hydrogen-bond acceptors (Lipinski definition) is 5. The van der Waals surface area contributed by atoms with Crippen LogP contribution >= 0.6 is 22.7 Å². The zero-order valence-electron chi connectivity index (χ0n) is 14.7. The summed E-state index contributed by atoms with van der Waals surface area (Å²) in [6.45, 7) is 5.24. The Morgan fingerprint density at radius 3 is 2.73 bits per heavy atom. The molecule has 2 N–H and O–H groups in total. The van der Waals surface area contributed by atoms with Crippen LogP contribution < -0.4 is 10.6 Å². The predicted molar refractivity (Wildman–Crippen MR) is 107 cm³/mol. The third kappa shape index (κ3) is 4.17. The summed E-state index contributed by atoms with van der Waals surface area (Å²) in [5.74, 6) is -0.265. The van der Waals surface area contributed by atoms with Crippen molar-refractivity contribution in [1.29, 1.82) is 0 Å². The molecule has 0 bridgehead atoms. The second-order valence-corrected chi connectivity index (χ2v) is 7.73. The lowest BCUT2D eigenvalue weighted by molar-refractivity contribution is -0.114. The first-order valence-corrected chi connectivity index (χ1v) is 9.88. The maximum absolute atomic E-state index is 12.7. The van der Waals surface area contributed by atoms with Gasteiger partial charge in [0.05, 0.1) is 11.7 Å². The first-order valence-electron chi connectivity index (χ1n) is 8.12. The van der Waals surface area contributed by atoms with Crippen LogP contribution in [0.1, 0.15) is 40.8 Å². The zero-order valence-corrected chi connectivity index (χ0v) is 16.3. The number of carbonyl (C=O) groups is 2. The number of aromatic nitrogens is 1. The first kappa shape index (κ1) is 18.3. The van der Waals surface area contributed by atoms with E-state index in [4.69, 9.17) is 0 Å². The molecule has 0 saturated heterocycles. The fourth-order valence-corrected chi connectivity index (χ4v) is 4.23. The van der Waals surface area contributed by atoms with E-state index >= 15 is 0 Å². The Morgan fingerprint density at radius 2 is 2.04 bits per heavy atom. The SMILES string of the molecule is CC(=O)Nc1cccc(C(C)NC(=O)c2sc(-c3ccsc3)nc2C)c1. The quantitative estimate of drug-likeness (QED) is 0.673. The first-order chi connectivity index (χ1) is 12.4. The van der Waals surface area contributed by atoms with Gasteiger partial charge in [0.15, 0.2) is 0 Å². The molecular weight excluding hydrogens is 366 g/mol. The molecular formula is C19H19N3O2S2. The number of aryl methyl sites for hydroxylation is 1. The third-order valence-electron chi connectivity index (χ3n) is 3.83. The molecule has 1 aromatic carbocycles. The summed E-state index contributed by atoms with van der Waals surface area (Å²) in [6, 6.07) is 9.27. The molecule has 7 heteroatoms. The average Bonchev–Trinajstić information content (AvgIpc) is 3.23. The number of hydrogen-bond donors (Lipinski definition) is 2. The number of benzene rings is 1. The second-order valence-electron chi connectivity index (χ2n) is 5.95. The van der Waals surface area contributed by atoms with Gasteiger partial charge in [-0.05, 0) is 43.0 Å². The van der Waals surface area contributed by atoms with Crippen molar-refractivity contribution in [2.45, 2.75) is 26.8 Å². The summed E-state index contributed by atoms with van der Waals surface area (Å²) >= 11 is 3.01. The Morgan fingerprint density at radius 1 is 1.23 bits per heavy atom. The fourth-order valence-electron chi connectivity index (χ4n) is 2.55. The average molecular weight is 386 g/mol. The Labute approximate surface area is 160 Å². The zero-order chi connectivity index (χ0) is 18.7. The van der Waals surface area contributed by atoms with Gasteiger partial charge in [0.25, 0.3) is 5.91 Å². The highest BCUT2D eigenvalue weighted by molar-refractivity contribution is 7.17. The van der Waals surface area contributed by atoms with E-state index in [1.54, 1.807) is 11.3 Å². The van der Waals surface area contributed by atoms with Gasteiger partial charge in [-0.2, -0.15) is 11.3 Å². The highest BCUT2D eigenvalue weighted by Crippen LogP contribution is 2.29. The summed E-state index contributed by atoms with van der Waals surface area (Å²) in [6.07, 6.45) is 0. The molecule has 0 saturated carbocycles. The van der Waals surface area contributed by atoms with Crippen molar-refractivity contribution in [2.24, 2.45) is 0 Å². The van der Waals surface area contributed by atoms with Crippen LogP contribution in [0.15, 0.2) is 41.1 Å². The Kier molecular flexibility index (Phi) is 5.49. The number of nitrogens with one attached hydrogen (secondary N) is 2. The summed E-state index contributed by atoms with van der Waals surface area (Å²) < 4.78 is 0. The van der Waals surface area contributed by atoms with E-state index in [2.05, 4.69) is 15.6 Å². The predicted octanol–water partition coefficient (Wildman–Crippen LogP) is 4.63. The highest BCUT2D eigenvalue weighted by atomic mass is 32.1. The molecule has 2 aromatic heterocycles. The van der Waals surface area contributed by atoms with Gasteiger partial charge in [-0.1, -0.05) is 12.1 Å². The molecule has 2 heterocycles. The van der Waals surface area contributed by atoms with E-state index in [0.29, 0.717) is 10.6 Å². The number of rotatable bonds is 5. The van der Waals surface area contributed by atoms with E-state index in [1.807, 2.05) is 54.9 Å². The number of anilines is 1. The largest absolute Gasteiger partial charge is 0.345 e. The topological polar surface area (TPSA) is 71.1 Å². The van der Waals surface area contributed by atoms with Crippen LogP contribution in [0.3, 0.4) is 0 Å². The number of nitrogens with zero attached hydrogens (tertiary/aromatic N) is 1. The van der Waals surface area contributed by atoms with Crippen LogP contribution in [0.2, 0.25) is 0 Å². The molecule has 5 nitrogen and oxygen atoms in total. The fraction of sp³-hybridized carbons (Fsp3) is 0.211. The molecule has 0 aliphatic carbocycles. The minimum Gasteiger partial charge on any atom is -0.345 e. The van der Waals surface area contributed by atoms with Crippen molar-refractivity contribution in [3.05, 3.63) is 57.2 Å². The molecule has 134 valence electrons. The van der Waals surface area contributed by atoms with Gasteiger partial charge in [0, 0.05) is 23.6 Å². The van der Waals surface area contributed by atoms with Crippen molar-refractivity contribution < 1.29 is 9.59 Å². The maximum atomic E-state index is 12.7. The van der Waals surface area contributed by atoms with E-state index in [1.165, 1.54) is 18.3 Å². The third-order valence-corrected chi connectivity index (χ3v) is 5.71. The van der Waals surface area contributed by atoms with Crippen LogP contribution in [-0.2, 0) is 4.79 Å². The van der Waals surface area contributed by atoms with Crippen molar-refractivity contribution in [3.63, 3.8) is 0 Å². The molecule has 0 aliphatic heterocycles. The monoisotopic (exact) mass is 385 g/mol. The van der Waals surface area contributed by atoms with Gasteiger partial charge in [-0.15, -0.1) is 11.3 Å². The molecule has 3 rings (SSSR count). The summed E-state index contributed by atoms with van der Waals surface area (Å²) in [5, 5.41) is 10.6. The van der Waals surface area contributed by atoms with Crippen molar-refractivity contribution in [1.82, 2.24) is 10.3 Å². The minimum atomic E-state index is -0.192. The summed E-state index contributed by atoms with van der Waals surface area (Å²) in [7, 11) is 0. The Bertz CT molecular complexity index is 932. The van der Waals surface area contributed by atoms with Gasteiger partial charge in [0.2, 0.25) is 5.91 Å². The maximum Gasteiger partial charge on any atom is 0.263 e. The molecule has 0 spiro atoms. The standard InChI is InChI=1S/C19H19N3O2S2/c1-11(14-5-4-6-16(9-14)22-13(3)23)20-18(24)17-12(2)21-19(26-17)15-7-8-25-10-15/h4-11H,1-3H3,(H,20,24)(H,22,23). The van der Waals surface area contributed by atoms with Crippen LogP contribution in [0.25, 0.3) is 10.6 Å². The van der Waals surface area contributed by atoms with Gasteiger partial charge in [-0.3, -0.25) is 9.59 Å². The Hall–Kier alpha value is -2.51. The highest BCUT2D eigenvalue weighted by Gasteiger charge is 2.19. The lowest BCUT2D eigenvalue weighted by Crippen LogP contribution is -2.26. The van der Waals surface area contributed by atoms with Gasteiger partial charge >= 0.3 is 0 Å². The van der Waals surface area contributed by atoms with Crippen LogP contribution in [0.5, 0.6) is 0 Å². The molecule has 1 unspecified atom stereocenters. The molecule has 0 fully saturated rings. The van der Waals surface area contributed by atoms with Crippen molar-refractivity contribution in [3.8, 4) is 10.6 Å². The van der Waals surface area contributed by atoms with Crippen molar-refractivity contribution in [2.75, 3.05) is 5.32 Å². The van der Waals surface area contributed by atoms with Gasteiger partial charge < -0.3 is 10.6 Å². The van der Waals surface area contributed by atoms with E-state index < -0.39 is 0 Å². The summed E-state index contributed by atoms with van der Waals surface area (Å²) in [4.78, 5) is 29.0. The lowest BCUT2D eigenvalue weighted by atomic mass is 10.1. The van der Waals surface area contributed by atoms with Gasteiger partial charge in [0.1, 0.15) is 9.88 Å². The summed E-state index contributed by atoms with van der Waals surface area (Å²) in [5.41, 5.74) is 3.40. The van der Waals surface area contributed by atoms with Crippen LogP contribution in [0.4, 0.5) is 5.69 Å². The Balaban J connectivity index is 1.75. The number of thiophene rings is 1. The molecule has 1 atom stereocenters. The molecule has 2 amide bonds. The van der Waals surface area contributed by atoms with E-state index in [0.717, 1.165) is 21.8 Å². The molecule has 0 radical (unpaired) electrons. The molecule has 0 aliphatic rings. The number of carbonyl (C=O) groups excluding carboxylic acids is 2. The number of amides is 2. The molecule has 3 aromatic rings. The lowest BCUT2D eigenvalue weighted by Gasteiger charge is -2.15. The van der Waals surface area contributed by atoms with Gasteiger partial charge in [-0.25, -0.2) is 4.98 Å². The van der Waals surface area contributed by atoms with E-state index in [-0.39, 0.29) is 17.9 Å². The van der Waals surface area contributed by atoms with Crippen LogP contribution in [0, 0.1) is 6.92 Å². The number of thiazole rings is 1. The minimum absolute atomic E-state index is 0.125. The van der Waals surface area contributed by atoms with Crippen LogP contribution in [-0.4, -0.2) is 16.8 Å². The normalized spacial score (nSPS) is 11.8. The smallest absolute Gasteiger partial charge is 0.263 e. The molecule has 26 heavy (non-hydrogen) atoms. The van der Waals surface area contributed by atoms with Crippen molar-refractivity contribution >= 4 is 40.2 Å². The second kappa shape index (κ2) is 7.80.